The summed E-state index contributed by atoms with van der Waals surface area (Å²) < 4.78 is 64.2. The normalized spacial score (nSPS) is 31.8. The number of carbonyl (C=O) groups is 8. The van der Waals surface area contributed by atoms with E-state index in [-0.39, 0.29) is 51.4 Å². The Bertz CT molecular complexity index is 2230. The fourth-order valence-electron chi connectivity index (χ4n) is 10.2. The van der Waals surface area contributed by atoms with Gasteiger partial charge < -0.3 is 139 Å². The molecule has 0 aromatic rings. The van der Waals surface area contributed by atoms with Crippen LogP contribution in [0.3, 0.4) is 0 Å². The van der Waals surface area contributed by atoms with Gasteiger partial charge in [0, 0.05) is 0 Å². The Morgan fingerprint density at radius 2 is 0.446 bits per heavy atom. The Labute approximate surface area is 586 Å². The monoisotopic (exact) mass is 1470 g/mol. The largest absolute Gasteiger partial charge is 0.481 e. The number of aliphatic hydroxyl groups is 12. The molecule has 16 N–H and O–H groups in total. The molecule has 0 saturated carbocycles. The minimum Gasteiger partial charge on any atom is -0.481 e. The van der Waals surface area contributed by atoms with Crippen molar-refractivity contribution in [3.63, 3.8) is 0 Å². The van der Waals surface area contributed by atoms with Crippen LogP contribution in [0.4, 0.5) is 0 Å². The van der Waals surface area contributed by atoms with Gasteiger partial charge in [-0.05, 0) is 79.1 Å². The lowest BCUT2D eigenvalue weighted by molar-refractivity contribution is -0.304. The molecule has 0 aliphatic carbocycles. The number of hydrogen-bond acceptors (Lipinski definition) is 32. The van der Waals surface area contributed by atoms with Crippen molar-refractivity contribution in [3.05, 3.63) is 0 Å². The van der Waals surface area contributed by atoms with Crippen molar-refractivity contribution < 1.29 is 177 Å². The third-order valence-electron chi connectivity index (χ3n) is 16.7. The van der Waals surface area contributed by atoms with E-state index in [9.17, 15) is 99.6 Å². The van der Waals surface area contributed by atoms with Crippen LogP contribution in [0.1, 0.15) is 192 Å². The van der Waals surface area contributed by atoms with E-state index in [0.29, 0.717) is 57.8 Å². The van der Waals surface area contributed by atoms with E-state index in [4.69, 9.17) is 77.3 Å². The second-order valence-electron chi connectivity index (χ2n) is 25.1. The summed E-state index contributed by atoms with van der Waals surface area (Å²) >= 11 is 0. The molecular weight excluding hydrogens is 1360 g/mol. The van der Waals surface area contributed by atoms with Crippen molar-refractivity contribution in [2.75, 3.05) is 0 Å². The number of aliphatic carboxylic acids is 4. The van der Waals surface area contributed by atoms with E-state index >= 15 is 0 Å². The molecule has 4 rings (SSSR count). The first-order valence-corrected chi connectivity index (χ1v) is 34.3. The number of hydrogen-bond donors (Lipinski definition) is 16. The molecule has 0 spiro atoms. The Morgan fingerprint density at radius 3 is 0.614 bits per heavy atom. The molecule has 0 aromatic carbocycles. The standard InChI is InChI=1S/C17H30O9.3C16H28O9/c1-4-6-11(8-13(20)25-10(5-2)7-12(18)19)26-17-16(23)15(22)14(21)9(3)24-17;3*1-4-9(6-11(17)18)24-12(19)7-10(5-2)25-16-15(22)14(21)13(20)8(3)23-16/h9-11,14-17,21-23H,4-8H2,1-3H3,(H,18,19);3*8-10,13-16,20-22H,4-7H2,1-3H3,(H,17,18)/t9?,10?,11?,14-,15-,16?,17-;8?,9-,10+,13+,14+,15?,16+;8?,9-,10+,13-,14-,15?,16-;8?,9-,10-,13-,14-,15?,16-/m0100/s1. The molecule has 4 heterocycles. The molecule has 36 nitrogen and oxygen atoms in total. The van der Waals surface area contributed by atoms with Gasteiger partial charge in [-0.1, -0.05) is 61.8 Å². The first-order chi connectivity index (χ1) is 47.3. The molecule has 28 atom stereocenters. The lowest BCUT2D eigenvalue weighted by atomic mass is 10.00. The molecular formula is C65H114O36. The highest BCUT2D eigenvalue weighted by Crippen LogP contribution is 2.29. The van der Waals surface area contributed by atoms with E-state index in [0.717, 1.165) is 0 Å². The average molecular weight is 1470 g/mol. The zero-order chi connectivity index (χ0) is 77.3. The smallest absolute Gasteiger partial charge is 0.308 e. The van der Waals surface area contributed by atoms with E-state index < -0.39 is 219 Å². The fraction of sp³-hybridized carbons (Fsp3) is 0.877. The maximum atomic E-state index is 12.1. The van der Waals surface area contributed by atoms with Gasteiger partial charge in [-0.25, -0.2) is 0 Å². The molecule has 4 aliphatic heterocycles. The van der Waals surface area contributed by atoms with Crippen molar-refractivity contribution in [1.29, 1.82) is 0 Å². The van der Waals surface area contributed by atoms with E-state index in [2.05, 4.69) is 0 Å². The summed E-state index contributed by atoms with van der Waals surface area (Å²) in [6.07, 6.45) is -27.3. The number of esters is 4. The third-order valence-corrected chi connectivity index (χ3v) is 16.7. The molecule has 4 aliphatic rings. The number of carbonyl (C=O) groups excluding carboxylic acids is 4. The average Bonchev–Trinajstić information content (AvgIpc) is 0.842. The van der Waals surface area contributed by atoms with Gasteiger partial charge in [0.2, 0.25) is 0 Å². The van der Waals surface area contributed by atoms with Crippen LogP contribution in [0.2, 0.25) is 0 Å². The van der Waals surface area contributed by atoms with Gasteiger partial charge in [0.1, 0.15) is 97.7 Å². The molecule has 4 saturated heterocycles. The minimum absolute atomic E-state index is 0.135. The summed E-state index contributed by atoms with van der Waals surface area (Å²) in [4.78, 5) is 90.9. The number of aliphatic hydroxyl groups excluding tert-OH is 12. The topological polar surface area (TPSA) is 571 Å². The van der Waals surface area contributed by atoms with Gasteiger partial charge in [-0.15, -0.1) is 0 Å². The van der Waals surface area contributed by atoms with Crippen molar-refractivity contribution in [3.8, 4) is 0 Å². The van der Waals surface area contributed by atoms with Crippen LogP contribution < -0.4 is 0 Å². The van der Waals surface area contributed by atoms with Crippen molar-refractivity contribution >= 4 is 47.8 Å². The maximum absolute atomic E-state index is 12.1. The fourth-order valence-corrected chi connectivity index (χ4v) is 10.2. The van der Waals surface area contributed by atoms with Crippen LogP contribution in [0.25, 0.3) is 0 Å². The summed E-state index contributed by atoms with van der Waals surface area (Å²) in [5, 5.41) is 153. The lowest BCUT2D eigenvalue weighted by Gasteiger charge is -2.40. The predicted octanol–water partition coefficient (Wildman–Crippen LogP) is -0.427. The van der Waals surface area contributed by atoms with E-state index in [1.54, 1.807) is 48.5 Å². The Kier molecular flexibility index (Phi) is 44.8. The van der Waals surface area contributed by atoms with Gasteiger partial charge in [0.15, 0.2) is 25.2 Å². The van der Waals surface area contributed by atoms with Crippen LogP contribution in [0, 0.1) is 0 Å². The molecule has 101 heavy (non-hydrogen) atoms. The predicted molar refractivity (Wildman–Crippen MR) is 343 cm³/mol. The van der Waals surface area contributed by atoms with Gasteiger partial charge in [-0.3, -0.25) is 38.4 Å². The number of carboxylic acid groups (broad SMARTS) is 4. The third kappa shape index (κ3) is 33.7. The van der Waals surface area contributed by atoms with Gasteiger partial charge >= 0.3 is 47.8 Å². The highest BCUT2D eigenvalue weighted by molar-refractivity contribution is 5.74. The van der Waals surface area contributed by atoms with Crippen LogP contribution in [-0.4, -0.2) is 301 Å². The maximum Gasteiger partial charge on any atom is 0.308 e. The van der Waals surface area contributed by atoms with E-state index in [1.165, 1.54) is 27.7 Å². The van der Waals surface area contributed by atoms with Crippen LogP contribution in [-0.2, 0) is 95.2 Å². The number of ether oxygens (including phenoxy) is 12. The van der Waals surface area contributed by atoms with Crippen molar-refractivity contribution in [2.24, 2.45) is 0 Å². The van der Waals surface area contributed by atoms with Crippen molar-refractivity contribution in [1.82, 2.24) is 0 Å². The van der Waals surface area contributed by atoms with Crippen LogP contribution in [0.15, 0.2) is 0 Å². The summed E-state index contributed by atoms with van der Waals surface area (Å²) in [5.74, 6) is -6.65. The summed E-state index contributed by atoms with van der Waals surface area (Å²) in [7, 11) is 0. The molecule has 4 fully saturated rings. The molecule has 0 radical (unpaired) electrons. The first kappa shape index (κ1) is 94.0. The molecule has 0 amide bonds. The summed E-state index contributed by atoms with van der Waals surface area (Å²) in [6, 6.07) is 0. The van der Waals surface area contributed by atoms with Crippen LogP contribution >= 0.6 is 0 Å². The quantitative estimate of drug-likeness (QED) is 0.0277. The Hall–Kier alpha value is -5.04. The van der Waals surface area contributed by atoms with Gasteiger partial charge in [-0.2, -0.15) is 0 Å². The zero-order valence-electron chi connectivity index (χ0n) is 59.5. The molecule has 0 aromatic heterocycles. The Balaban J connectivity index is 0.000000673. The second kappa shape index (κ2) is 48.1. The lowest BCUT2D eigenvalue weighted by Crippen LogP contribution is -2.58. The summed E-state index contributed by atoms with van der Waals surface area (Å²) in [6.45, 7) is 20.2. The molecule has 36 heteroatoms. The number of carboxylic acids is 4. The van der Waals surface area contributed by atoms with E-state index in [1.807, 2.05) is 6.92 Å². The molecule has 0 bridgehead atoms. The SMILES string of the molecule is CCCC(CC(=O)OC(CC)CC(=O)O)O[C@@H]1OC(C)[C@H](O)[C@H](O)C1O.CC[C@@H](CC(=O)O)OC(=O)C[C@@H](CC)O[C@@H]1OC(C)[C@H](O)[C@H](O)C1O.CC[C@@H](CC(=O)O)OC(=O)C[C@H](CC)O[C@@H]1OC(C)[C@H](O)[C@H](O)C1O.CC[C@H](CC(=O)O)OC(=O)C[C@H](CC)O[C@@H]1OC(C)[C@H](O)[C@H](O)C1O. The van der Waals surface area contributed by atoms with Gasteiger partial charge in [0.05, 0.1) is 100 Å². The van der Waals surface area contributed by atoms with Crippen LogP contribution in [0.5, 0.6) is 0 Å². The molecule has 590 valence electrons. The minimum atomic E-state index is -1.45. The van der Waals surface area contributed by atoms with Crippen molar-refractivity contribution in [2.45, 2.75) is 364 Å². The number of rotatable bonds is 37. The highest BCUT2D eigenvalue weighted by atomic mass is 16.7. The zero-order valence-corrected chi connectivity index (χ0v) is 59.5. The Morgan fingerprint density at radius 1 is 0.267 bits per heavy atom. The summed E-state index contributed by atoms with van der Waals surface area (Å²) in [5.41, 5.74) is 0. The second-order valence-corrected chi connectivity index (χ2v) is 25.1. The van der Waals surface area contributed by atoms with Gasteiger partial charge in [0.25, 0.3) is 0 Å². The highest BCUT2D eigenvalue weighted by Gasteiger charge is 2.47. The molecule has 10 unspecified atom stereocenters. The first-order valence-electron chi connectivity index (χ1n) is 34.3.